The van der Waals surface area contributed by atoms with E-state index in [4.69, 9.17) is 0 Å². The molecule has 1 aromatic rings. The molecule has 4 heteroatoms. The van der Waals surface area contributed by atoms with Crippen LogP contribution >= 0.6 is 0 Å². The van der Waals surface area contributed by atoms with Crippen LogP contribution in [0.15, 0.2) is 18.2 Å². The van der Waals surface area contributed by atoms with Crippen molar-refractivity contribution < 1.29 is 4.79 Å². The number of likely N-dealkylation sites (tertiary alicyclic amines) is 1. The summed E-state index contributed by atoms with van der Waals surface area (Å²) < 4.78 is 0. The number of aryl methyl sites for hydroxylation is 1. The summed E-state index contributed by atoms with van der Waals surface area (Å²) in [7, 11) is 4.04. The molecule has 20 heavy (non-hydrogen) atoms. The smallest absolute Gasteiger partial charge is 0.251 e. The highest BCUT2D eigenvalue weighted by molar-refractivity contribution is 5.96. The Labute approximate surface area is 121 Å². The van der Waals surface area contributed by atoms with Crippen molar-refractivity contribution in [1.82, 2.24) is 10.2 Å². The maximum atomic E-state index is 12.2. The zero-order valence-electron chi connectivity index (χ0n) is 12.7. The molecule has 1 aliphatic heterocycles. The van der Waals surface area contributed by atoms with Gasteiger partial charge in [0.2, 0.25) is 0 Å². The van der Waals surface area contributed by atoms with E-state index >= 15 is 0 Å². The fourth-order valence-electron chi connectivity index (χ4n) is 2.67. The second-order valence-electron chi connectivity index (χ2n) is 5.74. The molecule has 0 bridgehead atoms. The van der Waals surface area contributed by atoms with Crippen LogP contribution in [-0.2, 0) is 0 Å². The highest BCUT2D eigenvalue weighted by atomic mass is 16.1. The number of hydrogen-bond donors (Lipinski definition) is 2. The maximum absolute atomic E-state index is 12.2. The lowest BCUT2D eigenvalue weighted by molar-refractivity contribution is 0.0938. The normalized spacial score (nSPS) is 16.9. The molecule has 110 valence electrons. The van der Waals surface area contributed by atoms with Crippen molar-refractivity contribution in [2.45, 2.75) is 19.8 Å². The SMILES string of the molecule is CNc1ccc(C(=O)NCC2CCN(C)CC2)c(C)c1. The topological polar surface area (TPSA) is 44.4 Å². The van der Waals surface area contributed by atoms with Crippen LogP contribution in [0.3, 0.4) is 0 Å². The van der Waals surface area contributed by atoms with E-state index in [1.165, 1.54) is 12.8 Å². The van der Waals surface area contributed by atoms with Crippen molar-refractivity contribution in [2.75, 3.05) is 39.0 Å². The van der Waals surface area contributed by atoms with Crippen LogP contribution in [0.25, 0.3) is 0 Å². The van der Waals surface area contributed by atoms with Gasteiger partial charge < -0.3 is 15.5 Å². The predicted molar refractivity (Wildman–Crippen MR) is 83.3 cm³/mol. The van der Waals surface area contributed by atoms with Crippen LogP contribution < -0.4 is 10.6 Å². The molecule has 1 saturated heterocycles. The van der Waals surface area contributed by atoms with Gasteiger partial charge in [0.1, 0.15) is 0 Å². The third-order valence-electron chi connectivity index (χ3n) is 4.15. The van der Waals surface area contributed by atoms with Crippen molar-refractivity contribution in [2.24, 2.45) is 5.92 Å². The average Bonchev–Trinajstić information content (AvgIpc) is 2.46. The van der Waals surface area contributed by atoms with E-state index in [1.54, 1.807) is 0 Å². The summed E-state index contributed by atoms with van der Waals surface area (Å²) in [6.45, 7) is 5.04. The van der Waals surface area contributed by atoms with Crippen molar-refractivity contribution in [3.8, 4) is 0 Å². The van der Waals surface area contributed by atoms with E-state index in [1.807, 2.05) is 32.2 Å². The number of rotatable bonds is 4. The first kappa shape index (κ1) is 14.9. The Morgan fingerprint density at radius 1 is 1.35 bits per heavy atom. The molecule has 2 N–H and O–H groups in total. The monoisotopic (exact) mass is 275 g/mol. The first-order valence-corrected chi connectivity index (χ1v) is 7.35. The van der Waals surface area contributed by atoms with E-state index in [0.29, 0.717) is 5.92 Å². The van der Waals surface area contributed by atoms with Gasteiger partial charge in [-0.15, -0.1) is 0 Å². The van der Waals surface area contributed by atoms with Gasteiger partial charge in [-0.1, -0.05) is 0 Å². The Morgan fingerprint density at radius 3 is 2.65 bits per heavy atom. The largest absolute Gasteiger partial charge is 0.388 e. The summed E-state index contributed by atoms with van der Waals surface area (Å²) >= 11 is 0. The molecule has 0 atom stereocenters. The number of piperidine rings is 1. The lowest BCUT2D eigenvalue weighted by Gasteiger charge is -2.29. The molecular formula is C16H25N3O. The molecule has 0 saturated carbocycles. The summed E-state index contributed by atoms with van der Waals surface area (Å²) in [5.74, 6) is 0.663. The molecule has 4 nitrogen and oxygen atoms in total. The minimum atomic E-state index is 0.0454. The van der Waals surface area contributed by atoms with Gasteiger partial charge in [-0.25, -0.2) is 0 Å². The quantitative estimate of drug-likeness (QED) is 0.884. The Morgan fingerprint density at radius 2 is 2.05 bits per heavy atom. The molecule has 1 fully saturated rings. The van der Waals surface area contributed by atoms with Crippen molar-refractivity contribution in [3.63, 3.8) is 0 Å². The van der Waals surface area contributed by atoms with E-state index in [2.05, 4.69) is 22.6 Å². The fraction of sp³-hybridized carbons (Fsp3) is 0.562. The zero-order chi connectivity index (χ0) is 14.5. The van der Waals surface area contributed by atoms with Gasteiger partial charge in [-0.3, -0.25) is 4.79 Å². The van der Waals surface area contributed by atoms with Gasteiger partial charge in [0, 0.05) is 24.8 Å². The van der Waals surface area contributed by atoms with Gasteiger partial charge in [0.15, 0.2) is 0 Å². The Kier molecular flexibility index (Phi) is 5.01. The van der Waals surface area contributed by atoms with Crippen LogP contribution in [-0.4, -0.2) is 44.5 Å². The highest BCUT2D eigenvalue weighted by Gasteiger charge is 2.18. The summed E-state index contributed by atoms with van der Waals surface area (Å²) in [6.07, 6.45) is 2.35. The van der Waals surface area contributed by atoms with Gasteiger partial charge >= 0.3 is 0 Å². The highest BCUT2D eigenvalue weighted by Crippen LogP contribution is 2.17. The van der Waals surface area contributed by atoms with Crippen molar-refractivity contribution in [1.29, 1.82) is 0 Å². The predicted octanol–water partition coefficient (Wildman–Crippen LogP) is 2.11. The first-order chi connectivity index (χ1) is 9.60. The molecule has 0 spiro atoms. The summed E-state index contributed by atoms with van der Waals surface area (Å²) in [5.41, 5.74) is 2.82. The van der Waals surface area contributed by atoms with Gasteiger partial charge in [-0.05, 0) is 69.6 Å². The summed E-state index contributed by atoms with van der Waals surface area (Å²) in [6, 6.07) is 5.84. The second-order valence-corrected chi connectivity index (χ2v) is 5.74. The van der Waals surface area contributed by atoms with Crippen LogP contribution in [0, 0.1) is 12.8 Å². The summed E-state index contributed by atoms with van der Waals surface area (Å²) in [4.78, 5) is 14.6. The van der Waals surface area contributed by atoms with E-state index in [-0.39, 0.29) is 5.91 Å². The minimum absolute atomic E-state index is 0.0454. The number of benzene rings is 1. The number of carbonyl (C=O) groups is 1. The molecule has 0 radical (unpaired) electrons. The molecule has 0 aliphatic carbocycles. The molecule has 1 aliphatic rings. The zero-order valence-corrected chi connectivity index (χ0v) is 12.7. The van der Waals surface area contributed by atoms with Crippen molar-refractivity contribution >= 4 is 11.6 Å². The number of hydrogen-bond acceptors (Lipinski definition) is 3. The van der Waals surface area contributed by atoms with Crippen LogP contribution in [0.2, 0.25) is 0 Å². The maximum Gasteiger partial charge on any atom is 0.251 e. The minimum Gasteiger partial charge on any atom is -0.388 e. The Bertz CT molecular complexity index is 465. The van der Waals surface area contributed by atoms with E-state index in [9.17, 15) is 4.79 Å². The van der Waals surface area contributed by atoms with E-state index in [0.717, 1.165) is 36.4 Å². The third-order valence-corrected chi connectivity index (χ3v) is 4.15. The van der Waals surface area contributed by atoms with Crippen LogP contribution in [0.5, 0.6) is 0 Å². The number of carbonyl (C=O) groups excluding carboxylic acids is 1. The molecular weight excluding hydrogens is 250 g/mol. The van der Waals surface area contributed by atoms with Gasteiger partial charge in [0.25, 0.3) is 5.91 Å². The molecule has 1 heterocycles. The first-order valence-electron chi connectivity index (χ1n) is 7.35. The molecule has 1 amide bonds. The number of anilines is 1. The molecule has 2 rings (SSSR count). The molecule has 0 unspecified atom stereocenters. The van der Waals surface area contributed by atoms with Crippen molar-refractivity contribution in [3.05, 3.63) is 29.3 Å². The Hall–Kier alpha value is -1.55. The van der Waals surface area contributed by atoms with E-state index < -0.39 is 0 Å². The molecule has 1 aromatic carbocycles. The van der Waals surface area contributed by atoms with Gasteiger partial charge in [0.05, 0.1) is 0 Å². The average molecular weight is 275 g/mol. The van der Waals surface area contributed by atoms with Crippen LogP contribution in [0.4, 0.5) is 5.69 Å². The Balaban J connectivity index is 1.88. The standard InChI is InChI=1S/C16H25N3O/c1-12-10-14(17-2)4-5-15(12)16(20)18-11-13-6-8-19(3)9-7-13/h4-5,10,13,17H,6-9,11H2,1-3H3,(H,18,20). The van der Waals surface area contributed by atoms with Crippen LogP contribution in [0.1, 0.15) is 28.8 Å². The summed E-state index contributed by atoms with van der Waals surface area (Å²) in [5, 5.41) is 6.17. The lowest BCUT2D eigenvalue weighted by atomic mass is 9.97. The third kappa shape index (κ3) is 3.73. The fourth-order valence-corrected chi connectivity index (χ4v) is 2.67. The lowest BCUT2D eigenvalue weighted by Crippen LogP contribution is -2.37. The number of nitrogens with one attached hydrogen (secondary N) is 2. The molecule has 0 aromatic heterocycles. The number of nitrogens with zero attached hydrogens (tertiary/aromatic N) is 1. The second kappa shape index (κ2) is 6.75. The van der Waals surface area contributed by atoms with Gasteiger partial charge in [-0.2, -0.15) is 0 Å². The number of amides is 1.